The number of hydrogen-bond donors (Lipinski definition) is 3. The van der Waals surface area contributed by atoms with Crippen LogP contribution in [-0.2, 0) is 6.54 Å². The lowest BCUT2D eigenvalue weighted by atomic mass is 10.1. The molecule has 2 aromatic heterocycles. The molecule has 132 valence electrons. The van der Waals surface area contributed by atoms with E-state index in [0.29, 0.717) is 28.6 Å². The second-order valence-corrected chi connectivity index (χ2v) is 5.97. The van der Waals surface area contributed by atoms with Gasteiger partial charge in [0.1, 0.15) is 17.5 Å². The number of nitrogens with one attached hydrogen (secondary N) is 1. The Morgan fingerprint density at radius 1 is 1.23 bits per heavy atom. The fourth-order valence-corrected chi connectivity index (χ4v) is 2.59. The summed E-state index contributed by atoms with van der Waals surface area (Å²) >= 11 is 6.17. The Bertz CT molecular complexity index is 980. The van der Waals surface area contributed by atoms with E-state index in [9.17, 15) is 9.18 Å². The minimum atomic E-state index is -0.611. The number of benzene rings is 1. The van der Waals surface area contributed by atoms with Gasteiger partial charge in [0.15, 0.2) is 0 Å². The molecule has 0 aliphatic carbocycles. The number of carbonyl (C=O) groups is 1. The van der Waals surface area contributed by atoms with Gasteiger partial charge >= 0.3 is 0 Å². The van der Waals surface area contributed by atoms with Crippen LogP contribution in [0.1, 0.15) is 15.9 Å². The van der Waals surface area contributed by atoms with Crippen LogP contribution >= 0.6 is 11.6 Å². The molecule has 3 rings (SSSR count). The molecule has 0 aliphatic rings. The SMILES string of the molecule is NC(=O)c1cc(NCc2cccc(F)c2)nc(-c2cc(N)ncc2Cl)c1. The van der Waals surface area contributed by atoms with E-state index in [-0.39, 0.29) is 17.2 Å². The molecule has 0 fully saturated rings. The van der Waals surface area contributed by atoms with Crippen molar-refractivity contribution in [2.45, 2.75) is 6.54 Å². The maximum atomic E-state index is 13.3. The van der Waals surface area contributed by atoms with Gasteiger partial charge in [0.05, 0.1) is 10.7 Å². The summed E-state index contributed by atoms with van der Waals surface area (Å²) in [6.45, 7) is 0.318. The number of halogens is 2. The molecule has 0 spiro atoms. The van der Waals surface area contributed by atoms with Crippen molar-refractivity contribution in [3.63, 3.8) is 0 Å². The molecule has 0 saturated heterocycles. The van der Waals surface area contributed by atoms with Crippen LogP contribution in [0.3, 0.4) is 0 Å². The van der Waals surface area contributed by atoms with Crippen LogP contribution in [0.5, 0.6) is 0 Å². The summed E-state index contributed by atoms with van der Waals surface area (Å²) in [7, 11) is 0. The monoisotopic (exact) mass is 371 g/mol. The third-order valence-electron chi connectivity index (χ3n) is 3.62. The molecule has 6 nitrogen and oxygen atoms in total. The number of hydrogen-bond acceptors (Lipinski definition) is 5. The highest BCUT2D eigenvalue weighted by molar-refractivity contribution is 6.33. The number of carbonyl (C=O) groups excluding carboxylic acids is 1. The van der Waals surface area contributed by atoms with E-state index < -0.39 is 5.91 Å². The predicted molar refractivity (Wildman–Crippen MR) is 99.1 cm³/mol. The molecule has 8 heteroatoms. The molecule has 0 atom stereocenters. The molecule has 3 aromatic rings. The van der Waals surface area contributed by atoms with Crippen molar-refractivity contribution >= 4 is 29.1 Å². The zero-order chi connectivity index (χ0) is 18.7. The Hall–Kier alpha value is -3.19. The van der Waals surface area contributed by atoms with E-state index in [2.05, 4.69) is 15.3 Å². The van der Waals surface area contributed by atoms with Gasteiger partial charge in [-0.3, -0.25) is 4.79 Å². The van der Waals surface area contributed by atoms with Crippen molar-refractivity contribution in [1.82, 2.24) is 9.97 Å². The van der Waals surface area contributed by atoms with Crippen LogP contribution in [0, 0.1) is 5.82 Å². The van der Waals surface area contributed by atoms with E-state index in [0.717, 1.165) is 5.56 Å². The maximum Gasteiger partial charge on any atom is 0.248 e. The van der Waals surface area contributed by atoms with Crippen molar-refractivity contribution in [3.8, 4) is 11.3 Å². The van der Waals surface area contributed by atoms with Crippen molar-refractivity contribution in [2.24, 2.45) is 5.73 Å². The smallest absolute Gasteiger partial charge is 0.248 e. The fraction of sp³-hybridized carbons (Fsp3) is 0.0556. The minimum absolute atomic E-state index is 0.253. The predicted octanol–water partition coefficient (Wildman–Crippen LogP) is 3.23. The lowest BCUT2D eigenvalue weighted by Crippen LogP contribution is -2.13. The molecule has 5 N–H and O–H groups in total. The van der Waals surface area contributed by atoms with Crippen LogP contribution in [0.4, 0.5) is 16.0 Å². The second kappa shape index (κ2) is 7.37. The number of anilines is 2. The number of aromatic nitrogens is 2. The minimum Gasteiger partial charge on any atom is -0.384 e. The van der Waals surface area contributed by atoms with Crippen molar-refractivity contribution < 1.29 is 9.18 Å². The van der Waals surface area contributed by atoms with Gasteiger partial charge in [0, 0.05) is 23.9 Å². The molecule has 1 aromatic carbocycles. The maximum absolute atomic E-state index is 13.3. The van der Waals surface area contributed by atoms with Gasteiger partial charge < -0.3 is 16.8 Å². The first-order valence-electron chi connectivity index (χ1n) is 7.64. The van der Waals surface area contributed by atoms with Crippen LogP contribution in [0.15, 0.2) is 48.7 Å². The molecule has 0 unspecified atom stereocenters. The average molecular weight is 372 g/mol. The Labute approximate surface area is 154 Å². The summed E-state index contributed by atoms with van der Waals surface area (Å²) in [5, 5.41) is 3.39. The Balaban J connectivity index is 1.96. The number of nitrogen functional groups attached to an aromatic ring is 1. The Morgan fingerprint density at radius 3 is 2.77 bits per heavy atom. The summed E-state index contributed by atoms with van der Waals surface area (Å²) < 4.78 is 13.3. The molecular weight excluding hydrogens is 357 g/mol. The highest BCUT2D eigenvalue weighted by Gasteiger charge is 2.12. The molecule has 0 radical (unpaired) electrons. The van der Waals surface area contributed by atoms with E-state index in [1.165, 1.54) is 30.5 Å². The molecule has 26 heavy (non-hydrogen) atoms. The summed E-state index contributed by atoms with van der Waals surface area (Å²) in [5.41, 5.74) is 13.0. The van der Waals surface area contributed by atoms with Gasteiger partial charge in [-0.2, -0.15) is 0 Å². The largest absolute Gasteiger partial charge is 0.384 e. The summed E-state index contributed by atoms with van der Waals surface area (Å²) in [4.78, 5) is 20.0. The Kier molecular flexibility index (Phi) is 4.99. The standard InChI is InChI=1S/C18H15ClFN5O/c19-14-9-23-16(21)7-13(14)15-5-11(18(22)26)6-17(25-15)24-8-10-2-1-3-12(20)4-10/h1-7,9H,8H2,(H2,21,23)(H2,22,26)(H,24,25). The molecule has 1 amide bonds. The van der Waals surface area contributed by atoms with E-state index in [4.69, 9.17) is 23.1 Å². The van der Waals surface area contributed by atoms with E-state index in [1.54, 1.807) is 18.2 Å². The zero-order valence-corrected chi connectivity index (χ0v) is 14.3. The van der Waals surface area contributed by atoms with Crippen molar-refractivity contribution in [1.29, 1.82) is 0 Å². The number of amides is 1. The lowest BCUT2D eigenvalue weighted by molar-refractivity contribution is 0.100. The highest BCUT2D eigenvalue weighted by Crippen LogP contribution is 2.29. The second-order valence-electron chi connectivity index (χ2n) is 5.56. The van der Waals surface area contributed by atoms with Crippen LogP contribution in [0.25, 0.3) is 11.3 Å². The molecule has 0 aliphatic heterocycles. The van der Waals surface area contributed by atoms with E-state index >= 15 is 0 Å². The average Bonchev–Trinajstić information content (AvgIpc) is 2.62. The fourth-order valence-electron chi connectivity index (χ4n) is 2.39. The number of primary amides is 1. The summed E-state index contributed by atoms with van der Waals surface area (Å²) in [5.74, 6) is -0.277. The number of pyridine rings is 2. The first-order valence-corrected chi connectivity index (χ1v) is 8.02. The summed E-state index contributed by atoms with van der Waals surface area (Å²) in [6.07, 6.45) is 1.41. The van der Waals surface area contributed by atoms with Gasteiger partial charge in [-0.25, -0.2) is 14.4 Å². The molecule has 2 heterocycles. The molecule has 0 bridgehead atoms. The van der Waals surface area contributed by atoms with E-state index in [1.807, 2.05) is 0 Å². The van der Waals surface area contributed by atoms with Crippen LogP contribution in [0.2, 0.25) is 5.02 Å². The quantitative estimate of drug-likeness (QED) is 0.638. The first kappa shape index (κ1) is 17.6. The lowest BCUT2D eigenvalue weighted by Gasteiger charge is -2.11. The number of rotatable bonds is 5. The number of nitrogens with zero attached hydrogens (tertiary/aromatic N) is 2. The molecule has 0 saturated carbocycles. The highest BCUT2D eigenvalue weighted by atomic mass is 35.5. The van der Waals surface area contributed by atoms with Gasteiger partial charge in [0.2, 0.25) is 5.91 Å². The first-order chi connectivity index (χ1) is 12.4. The number of nitrogens with two attached hydrogens (primary N) is 2. The Morgan fingerprint density at radius 2 is 2.04 bits per heavy atom. The van der Waals surface area contributed by atoms with Crippen LogP contribution in [-0.4, -0.2) is 15.9 Å². The van der Waals surface area contributed by atoms with Gasteiger partial charge in [-0.1, -0.05) is 23.7 Å². The van der Waals surface area contributed by atoms with Gasteiger partial charge in [-0.05, 0) is 35.9 Å². The third-order valence-corrected chi connectivity index (χ3v) is 3.93. The molecular formula is C18H15ClFN5O. The topological polar surface area (TPSA) is 107 Å². The van der Waals surface area contributed by atoms with Gasteiger partial charge in [0.25, 0.3) is 0 Å². The summed E-state index contributed by atoms with van der Waals surface area (Å²) in [6, 6.07) is 10.8. The zero-order valence-electron chi connectivity index (χ0n) is 13.5. The van der Waals surface area contributed by atoms with Gasteiger partial charge in [-0.15, -0.1) is 0 Å². The van der Waals surface area contributed by atoms with Crippen LogP contribution < -0.4 is 16.8 Å². The van der Waals surface area contributed by atoms with Crippen molar-refractivity contribution in [2.75, 3.05) is 11.1 Å². The third kappa shape index (κ3) is 4.07. The van der Waals surface area contributed by atoms with Crippen molar-refractivity contribution in [3.05, 3.63) is 70.6 Å². The normalized spacial score (nSPS) is 10.5.